The summed E-state index contributed by atoms with van der Waals surface area (Å²) in [5, 5.41) is 2.68. The van der Waals surface area contributed by atoms with Crippen LogP contribution < -0.4 is 5.32 Å². The minimum absolute atomic E-state index is 0.0741. The highest BCUT2D eigenvalue weighted by molar-refractivity contribution is 5.90. The normalized spacial score (nSPS) is 17.0. The van der Waals surface area contributed by atoms with Crippen molar-refractivity contribution in [1.29, 1.82) is 0 Å². The number of carbonyl (C=O) groups is 3. The van der Waals surface area contributed by atoms with Gasteiger partial charge in [-0.05, 0) is 67.5 Å². The van der Waals surface area contributed by atoms with Gasteiger partial charge in [0.2, 0.25) is 5.91 Å². The van der Waals surface area contributed by atoms with Gasteiger partial charge in [-0.25, -0.2) is 14.0 Å². The summed E-state index contributed by atoms with van der Waals surface area (Å²) < 4.78 is 25.8. The molecule has 2 atom stereocenters. The number of nitrogens with one attached hydrogen (secondary N) is 1. The van der Waals surface area contributed by atoms with Crippen LogP contribution in [0.3, 0.4) is 0 Å². The monoisotopic (exact) mass is 558 g/mol. The zero-order valence-electron chi connectivity index (χ0n) is 23.6. The summed E-state index contributed by atoms with van der Waals surface area (Å²) in [7, 11) is 0. The standard InChI is InChI=1S/C33H35FN2O5/c1-33(2,3)41-31(38)29-17-10-18-36(29)30(37)28(19-21-11-4-9-16-27(21)34)35-32(39)40-20-26-24-14-7-5-12-22(24)23-13-6-8-15-25(23)26/h4-9,11-16,26,28-29H,10,17-20H2,1-3H3,(H,35,39)/t28-,29+/m0/s1. The van der Waals surface area contributed by atoms with Gasteiger partial charge >= 0.3 is 12.1 Å². The second-order valence-corrected chi connectivity index (χ2v) is 11.5. The molecule has 0 aromatic heterocycles. The van der Waals surface area contributed by atoms with Crippen LogP contribution in [0.5, 0.6) is 0 Å². The highest BCUT2D eigenvalue weighted by Crippen LogP contribution is 2.44. The third-order valence-electron chi connectivity index (χ3n) is 7.53. The van der Waals surface area contributed by atoms with Crippen molar-refractivity contribution in [3.8, 4) is 11.1 Å². The summed E-state index contributed by atoms with van der Waals surface area (Å²) in [4.78, 5) is 41.3. The van der Waals surface area contributed by atoms with Crippen LogP contribution in [-0.4, -0.2) is 53.7 Å². The molecule has 1 aliphatic carbocycles. The molecule has 214 valence electrons. The van der Waals surface area contributed by atoms with Crippen LogP contribution in [-0.2, 0) is 25.5 Å². The van der Waals surface area contributed by atoms with Gasteiger partial charge in [0.15, 0.2) is 0 Å². The molecule has 8 heteroatoms. The largest absolute Gasteiger partial charge is 0.458 e. The molecule has 2 amide bonds. The lowest BCUT2D eigenvalue weighted by Crippen LogP contribution is -2.53. The first-order chi connectivity index (χ1) is 19.6. The molecular formula is C33H35FN2O5. The summed E-state index contributed by atoms with van der Waals surface area (Å²) in [5.41, 5.74) is 3.91. The van der Waals surface area contributed by atoms with E-state index in [0.717, 1.165) is 22.3 Å². The molecule has 1 saturated heterocycles. The van der Waals surface area contributed by atoms with Gasteiger partial charge in [0.1, 0.15) is 30.1 Å². The first-order valence-electron chi connectivity index (χ1n) is 14.0. The Balaban J connectivity index is 1.33. The average Bonchev–Trinajstić information content (AvgIpc) is 3.55. The molecule has 2 aliphatic rings. The molecule has 5 rings (SSSR count). The van der Waals surface area contributed by atoms with Crippen molar-refractivity contribution in [1.82, 2.24) is 10.2 Å². The lowest BCUT2D eigenvalue weighted by molar-refractivity contribution is -0.163. The third-order valence-corrected chi connectivity index (χ3v) is 7.53. The molecule has 1 heterocycles. The number of benzene rings is 3. The van der Waals surface area contributed by atoms with Crippen molar-refractivity contribution in [3.63, 3.8) is 0 Å². The number of esters is 1. The van der Waals surface area contributed by atoms with Gasteiger partial charge in [0.25, 0.3) is 0 Å². The predicted octanol–water partition coefficient (Wildman–Crippen LogP) is 5.61. The smallest absolute Gasteiger partial charge is 0.407 e. The number of carbonyl (C=O) groups excluding carboxylic acids is 3. The van der Waals surface area contributed by atoms with Crippen LogP contribution in [0.1, 0.15) is 56.2 Å². The molecular weight excluding hydrogens is 523 g/mol. The maximum Gasteiger partial charge on any atom is 0.407 e. The Bertz CT molecular complexity index is 1400. The summed E-state index contributed by atoms with van der Waals surface area (Å²) in [6.45, 7) is 5.72. The molecule has 1 aliphatic heterocycles. The van der Waals surface area contributed by atoms with Crippen molar-refractivity contribution >= 4 is 18.0 Å². The van der Waals surface area contributed by atoms with Crippen molar-refractivity contribution in [3.05, 3.63) is 95.3 Å². The molecule has 0 radical (unpaired) electrons. The summed E-state index contributed by atoms with van der Waals surface area (Å²) >= 11 is 0. The fourth-order valence-electron chi connectivity index (χ4n) is 5.71. The summed E-state index contributed by atoms with van der Waals surface area (Å²) in [5.74, 6) is -1.60. The fraction of sp³-hybridized carbons (Fsp3) is 0.364. The predicted molar refractivity (Wildman–Crippen MR) is 153 cm³/mol. The number of ether oxygens (including phenoxy) is 2. The molecule has 0 saturated carbocycles. The number of fused-ring (bicyclic) bond motifs is 3. The van der Waals surface area contributed by atoms with E-state index in [9.17, 15) is 18.8 Å². The van der Waals surface area contributed by atoms with E-state index < -0.39 is 41.5 Å². The number of alkyl carbamates (subject to hydrolysis) is 1. The van der Waals surface area contributed by atoms with E-state index in [-0.39, 0.29) is 24.5 Å². The van der Waals surface area contributed by atoms with Gasteiger partial charge in [-0.1, -0.05) is 66.7 Å². The van der Waals surface area contributed by atoms with Crippen LogP contribution in [0, 0.1) is 5.82 Å². The van der Waals surface area contributed by atoms with E-state index in [1.807, 2.05) is 36.4 Å². The van der Waals surface area contributed by atoms with Crippen molar-refractivity contribution in [2.45, 2.75) is 63.6 Å². The SMILES string of the molecule is CC(C)(C)OC(=O)[C@H]1CCCN1C(=O)[C@H](Cc1ccccc1F)NC(=O)OCC1c2ccccc2-c2ccccc21. The summed E-state index contributed by atoms with van der Waals surface area (Å²) in [6, 6.07) is 20.2. The Kier molecular flexibility index (Phi) is 8.10. The molecule has 0 spiro atoms. The molecule has 3 aromatic carbocycles. The Morgan fingerprint density at radius 2 is 1.56 bits per heavy atom. The highest BCUT2D eigenvalue weighted by Gasteiger charge is 2.40. The number of nitrogens with zero attached hydrogens (tertiary/aromatic N) is 1. The fourth-order valence-corrected chi connectivity index (χ4v) is 5.71. The maximum atomic E-state index is 14.6. The van der Waals surface area contributed by atoms with Crippen LogP contribution in [0.15, 0.2) is 72.8 Å². The van der Waals surface area contributed by atoms with Crippen molar-refractivity contribution in [2.24, 2.45) is 0 Å². The first-order valence-corrected chi connectivity index (χ1v) is 14.0. The Hall–Kier alpha value is -4.20. The van der Waals surface area contributed by atoms with Gasteiger partial charge in [-0.3, -0.25) is 4.79 Å². The minimum Gasteiger partial charge on any atom is -0.458 e. The van der Waals surface area contributed by atoms with Gasteiger partial charge in [0, 0.05) is 18.9 Å². The number of rotatable bonds is 7. The lowest BCUT2D eigenvalue weighted by atomic mass is 9.98. The number of likely N-dealkylation sites (tertiary alicyclic amines) is 1. The first kappa shape index (κ1) is 28.3. The molecule has 3 aromatic rings. The maximum absolute atomic E-state index is 14.6. The molecule has 41 heavy (non-hydrogen) atoms. The molecule has 7 nitrogen and oxygen atoms in total. The van der Waals surface area contributed by atoms with Gasteiger partial charge in [-0.15, -0.1) is 0 Å². The van der Waals surface area contributed by atoms with Gasteiger partial charge in [0.05, 0.1) is 0 Å². The third kappa shape index (κ3) is 6.26. The van der Waals surface area contributed by atoms with Crippen LogP contribution in [0.4, 0.5) is 9.18 Å². The van der Waals surface area contributed by atoms with Crippen molar-refractivity contribution in [2.75, 3.05) is 13.2 Å². The number of hydrogen-bond acceptors (Lipinski definition) is 5. The van der Waals surface area contributed by atoms with Gasteiger partial charge in [-0.2, -0.15) is 0 Å². The summed E-state index contributed by atoms with van der Waals surface area (Å²) in [6.07, 6.45) is 0.202. The molecule has 0 bridgehead atoms. The Morgan fingerprint density at radius 1 is 0.951 bits per heavy atom. The topological polar surface area (TPSA) is 84.9 Å². The van der Waals surface area contributed by atoms with Crippen LogP contribution in [0.2, 0.25) is 0 Å². The minimum atomic E-state index is -1.13. The highest BCUT2D eigenvalue weighted by atomic mass is 19.1. The second kappa shape index (κ2) is 11.7. The molecule has 1 fully saturated rings. The van der Waals surface area contributed by atoms with Gasteiger partial charge < -0.3 is 19.7 Å². The Morgan fingerprint density at radius 3 is 2.20 bits per heavy atom. The zero-order valence-corrected chi connectivity index (χ0v) is 23.6. The van der Waals surface area contributed by atoms with E-state index >= 15 is 0 Å². The lowest BCUT2D eigenvalue weighted by Gasteiger charge is -2.30. The second-order valence-electron chi connectivity index (χ2n) is 11.5. The molecule has 0 unspecified atom stereocenters. The Labute approximate surface area is 239 Å². The quantitative estimate of drug-likeness (QED) is 0.381. The van der Waals surface area contributed by atoms with Crippen LogP contribution >= 0.6 is 0 Å². The van der Waals surface area contributed by atoms with E-state index in [4.69, 9.17) is 9.47 Å². The van der Waals surface area contributed by atoms with E-state index in [0.29, 0.717) is 19.4 Å². The van der Waals surface area contributed by atoms with Crippen molar-refractivity contribution < 1.29 is 28.2 Å². The number of hydrogen-bond donors (Lipinski definition) is 1. The van der Waals surface area contributed by atoms with E-state index in [2.05, 4.69) is 17.4 Å². The van der Waals surface area contributed by atoms with Crippen LogP contribution in [0.25, 0.3) is 11.1 Å². The van der Waals surface area contributed by atoms with E-state index in [1.54, 1.807) is 39.0 Å². The molecule has 1 N–H and O–H groups in total. The average molecular weight is 559 g/mol. The number of halogens is 1. The zero-order chi connectivity index (χ0) is 29.1. The number of amides is 2. The van der Waals surface area contributed by atoms with E-state index in [1.165, 1.54) is 11.0 Å².